The molecule has 2 rings (SSSR count). The zero-order valence-electron chi connectivity index (χ0n) is 9.74. The van der Waals surface area contributed by atoms with Gasteiger partial charge in [-0.05, 0) is 29.8 Å². The quantitative estimate of drug-likeness (QED) is 0.860. The van der Waals surface area contributed by atoms with E-state index < -0.39 is 11.9 Å². The zero-order chi connectivity index (χ0) is 13.0. The number of hydrogen-bond acceptors (Lipinski definition) is 3. The Kier molecular flexibility index (Phi) is 3.60. The molecule has 0 heterocycles. The van der Waals surface area contributed by atoms with E-state index >= 15 is 0 Å². The molecule has 2 aromatic rings. The SMILES string of the molecule is NC(=O)[C@@H](N)c1cccc(Oc2ccccc2)c1. The van der Waals surface area contributed by atoms with Crippen LogP contribution < -0.4 is 16.2 Å². The first-order chi connectivity index (χ1) is 8.66. The van der Waals surface area contributed by atoms with Crippen LogP contribution in [0.25, 0.3) is 0 Å². The fourth-order valence-corrected chi connectivity index (χ4v) is 1.56. The van der Waals surface area contributed by atoms with Crippen LogP contribution in [0, 0.1) is 0 Å². The third kappa shape index (κ3) is 2.87. The summed E-state index contributed by atoms with van der Waals surface area (Å²) in [4.78, 5) is 11.0. The minimum atomic E-state index is -0.815. The third-order valence-electron chi connectivity index (χ3n) is 2.50. The summed E-state index contributed by atoms with van der Waals surface area (Å²) in [6.45, 7) is 0. The van der Waals surface area contributed by atoms with Gasteiger partial charge >= 0.3 is 0 Å². The minimum Gasteiger partial charge on any atom is -0.457 e. The Labute approximate surface area is 105 Å². The molecule has 0 fully saturated rings. The molecule has 0 unspecified atom stereocenters. The smallest absolute Gasteiger partial charge is 0.238 e. The van der Waals surface area contributed by atoms with Crippen molar-refractivity contribution in [3.8, 4) is 11.5 Å². The molecule has 0 aliphatic rings. The lowest BCUT2D eigenvalue weighted by molar-refractivity contribution is -0.119. The number of ether oxygens (including phenoxy) is 1. The van der Waals surface area contributed by atoms with Crippen LogP contribution >= 0.6 is 0 Å². The van der Waals surface area contributed by atoms with E-state index in [1.165, 1.54) is 0 Å². The number of carbonyl (C=O) groups excluding carboxylic acids is 1. The number of rotatable bonds is 4. The van der Waals surface area contributed by atoms with E-state index in [1.54, 1.807) is 24.3 Å². The van der Waals surface area contributed by atoms with E-state index in [9.17, 15) is 4.79 Å². The average molecular weight is 242 g/mol. The number of primary amides is 1. The first-order valence-corrected chi connectivity index (χ1v) is 5.54. The summed E-state index contributed by atoms with van der Waals surface area (Å²) in [5.74, 6) is 0.782. The second kappa shape index (κ2) is 5.33. The fraction of sp³-hybridized carbons (Fsp3) is 0.0714. The lowest BCUT2D eigenvalue weighted by Crippen LogP contribution is -2.28. The molecule has 1 amide bonds. The molecule has 4 N–H and O–H groups in total. The molecule has 2 aromatic carbocycles. The maximum atomic E-state index is 11.0. The van der Waals surface area contributed by atoms with E-state index in [4.69, 9.17) is 16.2 Å². The van der Waals surface area contributed by atoms with Crippen molar-refractivity contribution in [1.82, 2.24) is 0 Å². The van der Waals surface area contributed by atoms with Gasteiger partial charge in [0.15, 0.2) is 0 Å². The molecule has 18 heavy (non-hydrogen) atoms. The number of amides is 1. The van der Waals surface area contributed by atoms with Crippen LogP contribution in [0.4, 0.5) is 0 Å². The molecule has 0 saturated heterocycles. The Hall–Kier alpha value is -2.33. The average Bonchev–Trinajstić information content (AvgIpc) is 2.39. The van der Waals surface area contributed by atoms with Gasteiger partial charge in [0.2, 0.25) is 5.91 Å². The van der Waals surface area contributed by atoms with Gasteiger partial charge in [-0.1, -0.05) is 30.3 Å². The van der Waals surface area contributed by atoms with Crippen molar-refractivity contribution in [2.24, 2.45) is 11.5 Å². The van der Waals surface area contributed by atoms with Gasteiger partial charge in [-0.15, -0.1) is 0 Å². The fourth-order valence-electron chi connectivity index (χ4n) is 1.56. The Bertz CT molecular complexity index is 541. The highest BCUT2D eigenvalue weighted by molar-refractivity contribution is 5.81. The van der Waals surface area contributed by atoms with Crippen molar-refractivity contribution in [2.45, 2.75) is 6.04 Å². The molecule has 4 heteroatoms. The first kappa shape index (κ1) is 12.1. The van der Waals surface area contributed by atoms with Gasteiger partial charge in [-0.3, -0.25) is 4.79 Å². The summed E-state index contributed by atoms with van der Waals surface area (Å²) in [7, 11) is 0. The molecule has 0 bridgehead atoms. The lowest BCUT2D eigenvalue weighted by Gasteiger charge is -2.10. The standard InChI is InChI=1S/C14H14N2O2/c15-13(14(16)17)10-5-4-8-12(9-10)18-11-6-2-1-3-7-11/h1-9,13H,15H2,(H2,16,17)/t13-/m0/s1. The number of nitrogens with two attached hydrogens (primary N) is 2. The Morgan fingerprint density at radius 2 is 1.67 bits per heavy atom. The summed E-state index contributed by atoms with van der Waals surface area (Å²) in [5.41, 5.74) is 11.5. The van der Waals surface area contributed by atoms with Crippen molar-refractivity contribution in [3.63, 3.8) is 0 Å². The second-order valence-corrected chi connectivity index (χ2v) is 3.87. The number of benzene rings is 2. The van der Waals surface area contributed by atoms with Crippen molar-refractivity contribution in [1.29, 1.82) is 0 Å². The molecule has 0 aromatic heterocycles. The molecule has 0 aliphatic carbocycles. The Morgan fingerprint density at radius 3 is 2.33 bits per heavy atom. The third-order valence-corrected chi connectivity index (χ3v) is 2.50. The Balaban J connectivity index is 2.20. The van der Waals surface area contributed by atoms with E-state index in [1.807, 2.05) is 30.3 Å². The van der Waals surface area contributed by atoms with Crippen molar-refractivity contribution in [3.05, 3.63) is 60.2 Å². The van der Waals surface area contributed by atoms with Crippen LogP contribution in [-0.4, -0.2) is 5.91 Å². The predicted octanol–water partition coefficient (Wildman–Crippen LogP) is 1.96. The van der Waals surface area contributed by atoms with E-state index in [0.29, 0.717) is 11.3 Å². The largest absolute Gasteiger partial charge is 0.457 e. The number of hydrogen-bond donors (Lipinski definition) is 2. The molecule has 4 nitrogen and oxygen atoms in total. The maximum absolute atomic E-state index is 11.0. The molecule has 0 radical (unpaired) electrons. The maximum Gasteiger partial charge on any atom is 0.238 e. The van der Waals surface area contributed by atoms with Gasteiger partial charge in [-0.25, -0.2) is 0 Å². The summed E-state index contributed by atoms with van der Waals surface area (Å²) >= 11 is 0. The van der Waals surface area contributed by atoms with Gasteiger partial charge < -0.3 is 16.2 Å². The van der Waals surface area contributed by atoms with Crippen LogP contribution in [-0.2, 0) is 4.79 Å². The van der Waals surface area contributed by atoms with E-state index in [2.05, 4.69) is 0 Å². The van der Waals surface area contributed by atoms with Gasteiger partial charge in [0.25, 0.3) is 0 Å². The normalized spacial score (nSPS) is 11.8. The first-order valence-electron chi connectivity index (χ1n) is 5.54. The molecular weight excluding hydrogens is 228 g/mol. The highest BCUT2D eigenvalue weighted by Crippen LogP contribution is 2.23. The highest BCUT2D eigenvalue weighted by Gasteiger charge is 2.12. The highest BCUT2D eigenvalue weighted by atomic mass is 16.5. The summed E-state index contributed by atoms with van der Waals surface area (Å²) < 4.78 is 5.64. The molecular formula is C14H14N2O2. The molecule has 0 spiro atoms. The van der Waals surface area contributed by atoms with Crippen LogP contribution in [0.3, 0.4) is 0 Å². The van der Waals surface area contributed by atoms with E-state index in [-0.39, 0.29) is 0 Å². The van der Waals surface area contributed by atoms with Crippen LogP contribution in [0.15, 0.2) is 54.6 Å². The van der Waals surface area contributed by atoms with Gasteiger partial charge in [-0.2, -0.15) is 0 Å². The predicted molar refractivity (Wildman–Crippen MR) is 69.1 cm³/mol. The summed E-state index contributed by atoms with van der Waals surface area (Å²) in [6, 6.07) is 15.6. The van der Waals surface area contributed by atoms with Crippen molar-refractivity contribution < 1.29 is 9.53 Å². The number of carbonyl (C=O) groups is 1. The monoisotopic (exact) mass is 242 g/mol. The topological polar surface area (TPSA) is 78.3 Å². The van der Waals surface area contributed by atoms with Crippen molar-refractivity contribution >= 4 is 5.91 Å². The van der Waals surface area contributed by atoms with E-state index in [0.717, 1.165) is 5.75 Å². The zero-order valence-corrected chi connectivity index (χ0v) is 9.74. The van der Waals surface area contributed by atoms with Gasteiger partial charge in [0, 0.05) is 0 Å². The summed E-state index contributed by atoms with van der Waals surface area (Å²) in [5, 5.41) is 0. The summed E-state index contributed by atoms with van der Waals surface area (Å²) in [6.07, 6.45) is 0. The van der Waals surface area contributed by atoms with Gasteiger partial charge in [0.05, 0.1) is 0 Å². The number of para-hydroxylation sites is 1. The minimum absolute atomic E-state index is 0.563. The molecule has 1 atom stereocenters. The van der Waals surface area contributed by atoms with Crippen LogP contribution in [0.1, 0.15) is 11.6 Å². The van der Waals surface area contributed by atoms with Crippen LogP contribution in [0.2, 0.25) is 0 Å². The molecule has 92 valence electrons. The Morgan fingerprint density at radius 1 is 1.00 bits per heavy atom. The van der Waals surface area contributed by atoms with Crippen molar-refractivity contribution in [2.75, 3.05) is 0 Å². The van der Waals surface area contributed by atoms with Gasteiger partial charge in [0.1, 0.15) is 17.5 Å². The molecule has 0 saturated carbocycles. The lowest BCUT2D eigenvalue weighted by atomic mass is 10.1. The van der Waals surface area contributed by atoms with Crippen LogP contribution in [0.5, 0.6) is 11.5 Å². The molecule has 0 aliphatic heterocycles. The second-order valence-electron chi connectivity index (χ2n) is 3.87.